The van der Waals surface area contributed by atoms with Crippen molar-refractivity contribution in [3.05, 3.63) is 11.2 Å². The van der Waals surface area contributed by atoms with E-state index in [1.54, 1.807) is 22.8 Å². The second kappa shape index (κ2) is 10.3. The van der Waals surface area contributed by atoms with E-state index in [-0.39, 0.29) is 23.5 Å². The lowest BCUT2D eigenvalue weighted by molar-refractivity contribution is -0.136. The molecule has 3 heterocycles. The van der Waals surface area contributed by atoms with Gasteiger partial charge in [-0.3, -0.25) is 14.4 Å². The summed E-state index contributed by atoms with van der Waals surface area (Å²) in [5, 5.41) is 0.789. The molecule has 2 fully saturated rings. The van der Waals surface area contributed by atoms with Gasteiger partial charge in [0.05, 0.1) is 5.75 Å². The van der Waals surface area contributed by atoms with Gasteiger partial charge in [0.1, 0.15) is 11.0 Å². The number of nitrogens with zero attached hydrogens (tertiary/aromatic N) is 6. The van der Waals surface area contributed by atoms with E-state index in [2.05, 4.69) is 14.9 Å². The first-order valence-electron chi connectivity index (χ1n) is 10.1. The molecule has 3 amide bonds. The van der Waals surface area contributed by atoms with Gasteiger partial charge >= 0.3 is 0 Å². The molecule has 0 unspecified atom stereocenters. The molecule has 9 nitrogen and oxygen atoms in total. The normalized spacial score (nSPS) is 17.3. The van der Waals surface area contributed by atoms with Crippen molar-refractivity contribution >= 4 is 46.9 Å². The van der Waals surface area contributed by atoms with Crippen molar-refractivity contribution < 1.29 is 14.4 Å². The SMILES string of the molecule is CCC(=O)N1CCN(c2cc(Cl)nc(SCC(=O)N3CCN(C(C)=O)CC3)n2)CC1. The number of hydrogen-bond acceptors (Lipinski definition) is 7. The first kappa shape index (κ1) is 22.6. The van der Waals surface area contributed by atoms with Crippen molar-refractivity contribution in [1.82, 2.24) is 24.7 Å². The zero-order valence-electron chi connectivity index (χ0n) is 17.3. The molecule has 0 atom stereocenters. The fraction of sp³-hybridized carbons (Fsp3) is 0.632. The first-order valence-corrected chi connectivity index (χ1v) is 11.5. The van der Waals surface area contributed by atoms with Crippen LogP contribution in [0.25, 0.3) is 0 Å². The third-order valence-electron chi connectivity index (χ3n) is 5.32. The van der Waals surface area contributed by atoms with Gasteiger partial charge in [-0.25, -0.2) is 9.97 Å². The van der Waals surface area contributed by atoms with Crippen LogP contribution in [0.15, 0.2) is 11.2 Å². The molecular formula is C19H27ClN6O3S. The van der Waals surface area contributed by atoms with Crippen molar-refractivity contribution in [2.45, 2.75) is 25.4 Å². The third kappa shape index (κ3) is 5.75. The van der Waals surface area contributed by atoms with E-state index in [1.807, 2.05) is 11.8 Å². The van der Waals surface area contributed by atoms with Crippen LogP contribution in [0.2, 0.25) is 5.15 Å². The number of halogens is 1. The standard InChI is InChI=1S/C19H27ClN6O3S/c1-3-17(28)25-10-6-24(7-11-25)16-12-15(20)21-19(22-16)30-13-18(29)26-8-4-23(5-9-26)14(2)27/h12H,3-11,13H2,1-2H3. The Bertz CT molecular complexity index is 794. The summed E-state index contributed by atoms with van der Waals surface area (Å²) in [6.45, 7) is 8.30. The maximum atomic E-state index is 12.5. The Morgan fingerprint density at radius 1 is 0.933 bits per heavy atom. The number of piperazine rings is 2. The Morgan fingerprint density at radius 2 is 1.50 bits per heavy atom. The Hall–Kier alpha value is -2.07. The van der Waals surface area contributed by atoms with E-state index in [0.29, 0.717) is 74.9 Å². The highest BCUT2D eigenvalue weighted by molar-refractivity contribution is 7.99. The van der Waals surface area contributed by atoms with E-state index in [4.69, 9.17) is 11.6 Å². The van der Waals surface area contributed by atoms with Crippen LogP contribution in [-0.4, -0.2) is 101 Å². The zero-order chi connectivity index (χ0) is 21.7. The predicted octanol–water partition coefficient (Wildman–Crippen LogP) is 0.971. The van der Waals surface area contributed by atoms with E-state index < -0.39 is 0 Å². The Kier molecular flexibility index (Phi) is 7.76. The van der Waals surface area contributed by atoms with Gasteiger partial charge in [-0.1, -0.05) is 30.3 Å². The molecule has 30 heavy (non-hydrogen) atoms. The van der Waals surface area contributed by atoms with Crippen LogP contribution < -0.4 is 4.90 Å². The second-order valence-electron chi connectivity index (χ2n) is 7.23. The van der Waals surface area contributed by atoms with E-state index in [0.717, 1.165) is 0 Å². The maximum absolute atomic E-state index is 12.5. The number of thioether (sulfide) groups is 1. The minimum Gasteiger partial charge on any atom is -0.353 e. The number of anilines is 1. The van der Waals surface area contributed by atoms with Crippen molar-refractivity contribution in [3.63, 3.8) is 0 Å². The fourth-order valence-corrected chi connectivity index (χ4v) is 4.49. The second-order valence-corrected chi connectivity index (χ2v) is 8.56. The molecule has 0 aromatic carbocycles. The average molecular weight is 455 g/mol. The van der Waals surface area contributed by atoms with E-state index >= 15 is 0 Å². The van der Waals surface area contributed by atoms with Crippen LogP contribution in [0, 0.1) is 0 Å². The highest BCUT2D eigenvalue weighted by Gasteiger charge is 2.24. The van der Waals surface area contributed by atoms with Crippen molar-refractivity contribution in [1.29, 1.82) is 0 Å². The molecular weight excluding hydrogens is 428 g/mol. The summed E-state index contributed by atoms with van der Waals surface area (Å²) >= 11 is 7.45. The summed E-state index contributed by atoms with van der Waals surface area (Å²) in [7, 11) is 0. The number of carbonyl (C=O) groups is 3. The number of aromatic nitrogens is 2. The molecule has 2 aliphatic rings. The molecule has 2 aliphatic heterocycles. The van der Waals surface area contributed by atoms with Gasteiger partial charge in [0.2, 0.25) is 17.7 Å². The van der Waals surface area contributed by atoms with Crippen LogP contribution >= 0.6 is 23.4 Å². The molecule has 1 aromatic rings. The summed E-state index contributed by atoms with van der Waals surface area (Å²) in [4.78, 5) is 52.0. The summed E-state index contributed by atoms with van der Waals surface area (Å²) in [6, 6.07) is 1.71. The Morgan fingerprint density at radius 3 is 2.10 bits per heavy atom. The largest absolute Gasteiger partial charge is 0.353 e. The lowest BCUT2D eigenvalue weighted by Gasteiger charge is -2.35. The molecule has 2 saturated heterocycles. The van der Waals surface area contributed by atoms with Crippen LogP contribution in [0.5, 0.6) is 0 Å². The summed E-state index contributed by atoms with van der Waals surface area (Å²) < 4.78 is 0. The lowest BCUT2D eigenvalue weighted by atomic mass is 10.3. The monoisotopic (exact) mass is 454 g/mol. The third-order valence-corrected chi connectivity index (χ3v) is 6.35. The minimum absolute atomic E-state index is 0.0000184. The quantitative estimate of drug-likeness (QED) is 0.372. The Balaban J connectivity index is 1.54. The van der Waals surface area contributed by atoms with Gasteiger partial charge in [-0.15, -0.1) is 0 Å². The van der Waals surface area contributed by atoms with Gasteiger partial charge in [-0.05, 0) is 0 Å². The molecule has 0 radical (unpaired) electrons. The highest BCUT2D eigenvalue weighted by Crippen LogP contribution is 2.23. The first-order chi connectivity index (χ1) is 14.4. The minimum atomic E-state index is 0.0000184. The number of rotatable bonds is 5. The van der Waals surface area contributed by atoms with E-state index in [9.17, 15) is 14.4 Å². The van der Waals surface area contributed by atoms with E-state index in [1.165, 1.54) is 11.8 Å². The average Bonchev–Trinajstić information content (AvgIpc) is 2.76. The van der Waals surface area contributed by atoms with Crippen LogP contribution in [0.3, 0.4) is 0 Å². The molecule has 1 aromatic heterocycles. The summed E-state index contributed by atoms with van der Waals surface area (Å²) in [5.41, 5.74) is 0. The number of amides is 3. The fourth-order valence-electron chi connectivity index (χ4n) is 3.51. The molecule has 0 saturated carbocycles. The van der Waals surface area contributed by atoms with Gasteiger partial charge in [0.25, 0.3) is 0 Å². The summed E-state index contributed by atoms with van der Waals surface area (Å²) in [5.74, 6) is 1.13. The zero-order valence-corrected chi connectivity index (χ0v) is 18.9. The molecule has 0 aliphatic carbocycles. The van der Waals surface area contributed by atoms with Gasteiger partial charge in [0.15, 0.2) is 5.16 Å². The molecule has 0 bridgehead atoms. The van der Waals surface area contributed by atoms with Gasteiger partial charge in [0, 0.05) is 71.8 Å². The highest BCUT2D eigenvalue weighted by atomic mass is 35.5. The molecule has 3 rings (SSSR count). The Labute approximate surface area is 185 Å². The maximum Gasteiger partial charge on any atom is 0.233 e. The number of carbonyl (C=O) groups excluding carboxylic acids is 3. The van der Waals surface area contributed by atoms with Crippen molar-refractivity contribution in [3.8, 4) is 0 Å². The van der Waals surface area contributed by atoms with Gasteiger partial charge in [-0.2, -0.15) is 0 Å². The molecule has 0 spiro atoms. The lowest BCUT2D eigenvalue weighted by Crippen LogP contribution is -2.50. The van der Waals surface area contributed by atoms with Crippen LogP contribution in [0.4, 0.5) is 5.82 Å². The number of hydrogen-bond donors (Lipinski definition) is 0. The molecule has 11 heteroatoms. The topological polar surface area (TPSA) is 90.0 Å². The van der Waals surface area contributed by atoms with Crippen LogP contribution in [0.1, 0.15) is 20.3 Å². The van der Waals surface area contributed by atoms with Crippen LogP contribution in [-0.2, 0) is 14.4 Å². The molecule has 0 N–H and O–H groups in total. The van der Waals surface area contributed by atoms with Gasteiger partial charge < -0.3 is 19.6 Å². The predicted molar refractivity (Wildman–Crippen MR) is 116 cm³/mol. The smallest absolute Gasteiger partial charge is 0.233 e. The van der Waals surface area contributed by atoms with Crippen molar-refractivity contribution in [2.75, 3.05) is 63.0 Å². The van der Waals surface area contributed by atoms with Crippen molar-refractivity contribution in [2.24, 2.45) is 0 Å². The molecule has 164 valence electrons. The summed E-state index contributed by atoms with van der Waals surface area (Å²) in [6.07, 6.45) is 0.512.